The number of halogens is 1. The molecule has 0 heterocycles. The molecule has 0 aliphatic heterocycles. The Morgan fingerprint density at radius 1 is 1.10 bits per heavy atom. The maximum Gasteiger partial charge on any atom is 0.146 e. The van der Waals surface area contributed by atoms with Crippen molar-refractivity contribution in [2.24, 2.45) is 0 Å². The second kappa shape index (κ2) is 7.04. The number of benzene rings is 1. The predicted molar refractivity (Wildman–Crippen MR) is 84.8 cm³/mol. The number of nitrogens with one attached hydrogen (secondary N) is 1. The highest BCUT2D eigenvalue weighted by Gasteiger charge is 2.15. The SMILES string of the molecule is CN(C)CCN(C)c1c(F)cccc1CNC(C)(C)C. The standard InChI is InChI=1S/C16H28FN3/c1-16(2,3)18-12-13-8-7-9-14(17)15(13)20(6)11-10-19(4)5/h7-9,18H,10-12H2,1-6H3. The summed E-state index contributed by atoms with van der Waals surface area (Å²) in [5, 5.41) is 3.42. The fraction of sp³-hybridized carbons (Fsp3) is 0.625. The minimum absolute atomic E-state index is 0.0196. The largest absolute Gasteiger partial charge is 0.371 e. The maximum atomic E-state index is 14.2. The van der Waals surface area contributed by atoms with E-state index in [4.69, 9.17) is 0 Å². The van der Waals surface area contributed by atoms with E-state index in [1.165, 1.54) is 6.07 Å². The highest BCUT2D eigenvalue weighted by molar-refractivity contribution is 5.54. The Morgan fingerprint density at radius 3 is 2.30 bits per heavy atom. The van der Waals surface area contributed by atoms with Gasteiger partial charge in [0, 0.05) is 32.2 Å². The van der Waals surface area contributed by atoms with Crippen LogP contribution in [0.15, 0.2) is 18.2 Å². The van der Waals surface area contributed by atoms with Gasteiger partial charge in [-0.2, -0.15) is 0 Å². The zero-order chi connectivity index (χ0) is 15.3. The zero-order valence-corrected chi connectivity index (χ0v) is 13.6. The molecular weight excluding hydrogens is 253 g/mol. The maximum absolute atomic E-state index is 14.2. The predicted octanol–water partition coefficient (Wildman–Crippen LogP) is 2.71. The van der Waals surface area contributed by atoms with Crippen molar-refractivity contribution >= 4 is 5.69 Å². The van der Waals surface area contributed by atoms with Gasteiger partial charge in [0.2, 0.25) is 0 Å². The second-order valence-electron chi connectivity index (χ2n) is 6.58. The molecule has 0 bridgehead atoms. The molecule has 20 heavy (non-hydrogen) atoms. The fourth-order valence-electron chi connectivity index (χ4n) is 1.95. The van der Waals surface area contributed by atoms with Gasteiger partial charge in [0.25, 0.3) is 0 Å². The molecule has 0 saturated carbocycles. The van der Waals surface area contributed by atoms with Gasteiger partial charge in [-0.3, -0.25) is 0 Å². The van der Waals surface area contributed by atoms with Crippen LogP contribution < -0.4 is 10.2 Å². The number of anilines is 1. The van der Waals surface area contributed by atoms with Crippen LogP contribution in [0.1, 0.15) is 26.3 Å². The highest BCUT2D eigenvalue weighted by Crippen LogP contribution is 2.24. The number of rotatable bonds is 6. The van der Waals surface area contributed by atoms with Crippen LogP contribution in [0.4, 0.5) is 10.1 Å². The molecule has 0 amide bonds. The topological polar surface area (TPSA) is 18.5 Å². The monoisotopic (exact) mass is 281 g/mol. The molecule has 0 saturated heterocycles. The molecule has 4 heteroatoms. The van der Waals surface area contributed by atoms with Crippen molar-refractivity contribution < 1.29 is 4.39 Å². The molecule has 1 aromatic carbocycles. The van der Waals surface area contributed by atoms with E-state index in [1.807, 2.05) is 32.1 Å². The van der Waals surface area contributed by atoms with Gasteiger partial charge in [-0.1, -0.05) is 12.1 Å². The molecule has 0 spiro atoms. The quantitative estimate of drug-likeness (QED) is 0.865. The average Bonchev–Trinajstić information content (AvgIpc) is 2.32. The van der Waals surface area contributed by atoms with Crippen LogP contribution in [-0.2, 0) is 6.54 Å². The molecule has 1 N–H and O–H groups in total. The van der Waals surface area contributed by atoms with E-state index < -0.39 is 0 Å². The molecule has 1 rings (SSSR count). The third-order valence-electron chi connectivity index (χ3n) is 3.14. The molecule has 0 fully saturated rings. The Hall–Kier alpha value is -1.13. The lowest BCUT2D eigenvalue weighted by atomic mass is 10.1. The molecule has 0 aliphatic rings. The summed E-state index contributed by atoms with van der Waals surface area (Å²) in [6.07, 6.45) is 0. The average molecular weight is 281 g/mol. The van der Waals surface area contributed by atoms with E-state index in [0.717, 1.165) is 18.7 Å². The Labute approximate surface area is 122 Å². The lowest BCUT2D eigenvalue weighted by Crippen LogP contribution is -2.36. The van der Waals surface area contributed by atoms with E-state index >= 15 is 0 Å². The molecular formula is C16H28FN3. The van der Waals surface area contributed by atoms with Crippen LogP contribution >= 0.6 is 0 Å². The highest BCUT2D eigenvalue weighted by atomic mass is 19.1. The molecule has 0 aliphatic carbocycles. The Bertz CT molecular complexity index is 424. The molecule has 0 atom stereocenters. The Kier molecular flexibility index (Phi) is 5.96. The molecule has 114 valence electrons. The summed E-state index contributed by atoms with van der Waals surface area (Å²) >= 11 is 0. The van der Waals surface area contributed by atoms with Crippen molar-refractivity contribution in [3.8, 4) is 0 Å². The summed E-state index contributed by atoms with van der Waals surface area (Å²) in [5.74, 6) is -0.153. The lowest BCUT2D eigenvalue weighted by molar-refractivity contribution is 0.413. The van der Waals surface area contributed by atoms with E-state index in [2.05, 4.69) is 31.0 Å². The summed E-state index contributed by atoms with van der Waals surface area (Å²) in [6, 6.07) is 5.30. The van der Waals surface area contributed by atoms with E-state index in [0.29, 0.717) is 12.2 Å². The molecule has 0 aromatic heterocycles. The van der Waals surface area contributed by atoms with Crippen molar-refractivity contribution in [3.05, 3.63) is 29.6 Å². The molecule has 3 nitrogen and oxygen atoms in total. The number of nitrogens with zero attached hydrogens (tertiary/aromatic N) is 2. The van der Waals surface area contributed by atoms with Gasteiger partial charge >= 0.3 is 0 Å². The van der Waals surface area contributed by atoms with Crippen molar-refractivity contribution in [3.63, 3.8) is 0 Å². The van der Waals surface area contributed by atoms with Gasteiger partial charge in [-0.15, -0.1) is 0 Å². The first-order valence-electron chi connectivity index (χ1n) is 7.09. The van der Waals surface area contributed by atoms with Crippen LogP contribution in [0.3, 0.4) is 0 Å². The summed E-state index contributed by atoms with van der Waals surface area (Å²) in [4.78, 5) is 4.10. The number of hydrogen-bond donors (Lipinski definition) is 1. The van der Waals surface area contributed by atoms with Crippen LogP contribution in [0.2, 0.25) is 0 Å². The van der Waals surface area contributed by atoms with E-state index in [9.17, 15) is 4.39 Å². The van der Waals surface area contributed by atoms with Crippen LogP contribution in [0.25, 0.3) is 0 Å². The Morgan fingerprint density at radius 2 is 1.75 bits per heavy atom. The van der Waals surface area contributed by atoms with Gasteiger partial charge in [0.15, 0.2) is 0 Å². The van der Waals surface area contributed by atoms with Gasteiger partial charge < -0.3 is 15.1 Å². The number of para-hydroxylation sites is 1. The van der Waals surface area contributed by atoms with E-state index in [1.54, 1.807) is 6.07 Å². The lowest BCUT2D eigenvalue weighted by Gasteiger charge is -2.27. The number of hydrogen-bond acceptors (Lipinski definition) is 3. The normalized spacial score (nSPS) is 12.0. The van der Waals surface area contributed by atoms with Crippen LogP contribution in [-0.4, -0.2) is 44.7 Å². The fourth-order valence-corrected chi connectivity index (χ4v) is 1.95. The van der Waals surface area contributed by atoms with Crippen molar-refractivity contribution in [2.45, 2.75) is 32.9 Å². The summed E-state index contributed by atoms with van der Waals surface area (Å²) in [7, 11) is 6.00. The second-order valence-corrected chi connectivity index (χ2v) is 6.58. The smallest absolute Gasteiger partial charge is 0.146 e. The first-order valence-corrected chi connectivity index (χ1v) is 7.09. The van der Waals surface area contributed by atoms with Gasteiger partial charge in [0.05, 0.1) is 5.69 Å². The molecule has 0 radical (unpaired) electrons. The third-order valence-corrected chi connectivity index (χ3v) is 3.14. The third kappa shape index (κ3) is 5.47. The van der Waals surface area contributed by atoms with Crippen molar-refractivity contribution in [2.75, 3.05) is 39.1 Å². The summed E-state index contributed by atoms with van der Waals surface area (Å²) < 4.78 is 14.2. The summed E-state index contributed by atoms with van der Waals surface area (Å²) in [5.41, 5.74) is 1.72. The summed E-state index contributed by atoms with van der Waals surface area (Å²) in [6.45, 7) is 8.71. The molecule has 0 unspecified atom stereocenters. The van der Waals surface area contributed by atoms with Gasteiger partial charge in [0.1, 0.15) is 5.82 Å². The van der Waals surface area contributed by atoms with Gasteiger partial charge in [-0.25, -0.2) is 4.39 Å². The Balaban J connectivity index is 2.87. The minimum Gasteiger partial charge on any atom is -0.371 e. The van der Waals surface area contributed by atoms with Crippen LogP contribution in [0, 0.1) is 5.82 Å². The van der Waals surface area contributed by atoms with Crippen molar-refractivity contribution in [1.29, 1.82) is 0 Å². The van der Waals surface area contributed by atoms with Gasteiger partial charge in [-0.05, 0) is 46.5 Å². The zero-order valence-electron chi connectivity index (χ0n) is 13.6. The minimum atomic E-state index is -0.153. The van der Waals surface area contributed by atoms with Crippen molar-refractivity contribution in [1.82, 2.24) is 10.2 Å². The van der Waals surface area contributed by atoms with Crippen LogP contribution in [0.5, 0.6) is 0 Å². The number of likely N-dealkylation sites (N-methyl/N-ethyl adjacent to an activating group) is 2. The first kappa shape index (κ1) is 16.9. The van der Waals surface area contributed by atoms with E-state index in [-0.39, 0.29) is 11.4 Å². The molecule has 1 aromatic rings. The first-order chi connectivity index (χ1) is 9.20.